The van der Waals surface area contributed by atoms with Crippen LogP contribution in [0.15, 0.2) is 18.2 Å². The van der Waals surface area contributed by atoms with Gasteiger partial charge >= 0.3 is 5.69 Å². The van der Waals surface area contributed by atoms with Crippen LogP contribution in [0.2, 0.25) is 0 Å². The third-order valence-electron chi connectivity index (χ3n) is 1.55. The monoisotopic (exact) mass is 253 g/mol. The Hall–Kier alpha value is -1.21. The van der Waals surface area contributed by atoms with Crippen molar-refractivity contribution in [3.63, 3.8) is 0 Å². The summed E-state index contributed by atoms with van der Waals surface area (Å²) in [6.45, 7) is 0. The molecule has 0 saturated heterocycles. The first-order valence-electron chi connectivity index (χ1n) is 3.65. The fourth-order valence-electron chi connectivity index (χ4n) is 0.987. The van der Waals surface area contributed by atoms with E-state index in [0.29, 0.717) is 0 Å². The van der Waals surface area contributed by atoms with Gasteiger partial charge in [-0.15, -0.1) is 0 Å². The van der Waals surface area contributed by atoms with Crippen LogP contribution in [0, 0.1) is 15.9 Å². The van der Waals surface area contributed by atoms with Crippen molar-refractivity contribution in [1.82, 2.24) is 0 Å². The van der Waals surface area contributed by atoms with Gasteiger partial charge in [0.05, 0.1) is 10.7 Å². The predicted octanol–water partition coefficient (Wildman–Crippen LogP) is 1.80. The van der Waals surface area contributed by atoms with Crippen molar-refractivity contribution in [2.45, 2.75) is 5.75 Å². The van der Waals surface area contributed by atoms with E-state index in [1.807, 2.05) is 0 Å². The van der Waals surface area contributed by atoms with Crippen molar-refractivity contribution in [3.05, 3.63) is 39.7 Å². The molecule has 1 aromatic carbocycles. The minimum atomic E-state index is -3.81. The van der Waals surface area contributed by atoms with E-state index in [2.05, 4.69) is 0 Å². The van der Waals surface area contributed by atoms with Gasteiger partial charge in [-0.25, -0.2) is 8.42 Å². The predicted molar refractivity (Wildman–Crippen MR) is 51.5 cm³/mol. The van der Waals surface area contributed by atoms with E-state index in [-0.39, 0.29) is 5.56 Å². The number of benzene rings is 1. The average Bonchev–Trinajstić information content (AvgIpc) is 2.05. The third-order valence-corrected chi connectivity index (χ3v) is 2.55. The van der Waals surface area contributed by atoms with E-state index >= 15 is 0 Å². The van der Waals surface area contributed by atoms with Gasteiger partial charge in [-0.3, -0.25) is 10.1 Å². The lowest BCUT2D eigenvalue weighted by Crippen LogP contribution is -1.98. The highest BCUT2D eigenvalue weighted by Gasteiger charge is 2.16. The zero-order valence-corrected chi connectivity index (χ0v) is 8.76. The first-order valence-corrected chi connectivity index (χ1v) is 6.12. The van der Waals surface area contributed by atoms with Crippen LogP contribution in [0.4, 0.5) is 10.1 Å². The van der Waals surface area contributed by atoms with Crippen molar-refractivity contribution in [3.8, 4) is 0 Å². The number of halogens is 2. The summed E-state index contributed by atoms with van der Waals surface area (Å²) in [5.41, 5.74) is -0.703. The summed E-state index contributed by atoms with van der Waals surface area (Å²) < 4.78 is 34.2. The second-order valence-electron chi connectivity index (χ2n) is 2.73. The number of rotatable bonds is 3. The molecule has 0 fully saturated rings. The molecule has 0 aliphatic carbocycles. The fraction of sp³-hybridized carbons (Fsp3) is 0.143. The molecular formula is C7H5ClFNO4S. The van der Waals surface area contributed by atoms with Gasteiger partial charge in [-0.05, 0) is 11.6 Å². The summed E-state index contributed by atoms with van der Waals surface area (Å²) in [6.07, 6.45) is 0. The maximum absolute atomic E-state index is 12.8. The zero-order valence-electron chi connectivity index (χ0n) is 7.18. The van der Waals surface area contributed by atoms with Crippen LogP contribution >= 0.6 is 10.7 Å². The molecule has 5 nitrogen and oxygen atoms in total. The Bertz CT molecular complexity index is 502. The first kappa shape index (κ1) is 11.9. The van der Waals surface area contributed by atoms with E-state index in [4.69, 9.17) is 10.7 Å². The fourth-order valence-corrected chi connectivity index (χ4v) is 1.94. The molecule has 0 heterocycles. The van der Waals surface area contributed by atoms with Gasteiger partial charge in [0.15, 0.2) is 0 Å². The van der Waals surface area contributed by atoms with Gasteiger partial charge in [-0.2, -0.15) is 4.39 Å². The minimum absolute atomic E-state index is 0.0677. The van der Waals surface area contributed by atoms with Crippen LogP contribution < -0.4 is 0 Å². The number of hydrogen-bond acceptors (Lipinski definition) is 4. The highest BCUT2D eigenvalue weighted by atomic mass is 35.7. The SMILES string of the molecule is O=[N+]([O-])c1cc(CS(=O)(=O)Cl)ccc1F. The second-order valence-corrected chi connectivity index (χ2v) is 5.50. The van der Waals surface area contributed by atoms with Gasteiger partial charge in [0.2, 0.25) is 14.9 Å². The van der Waals surface area contributed by atoms with Crippen molar-refractivity contribution >= 4 is 25.4 Å². The molecule has 0 amide bonds. The normalized spacial score (nSPS) is 11.3. The average molecular weight is 254 g/mol. The molecule has 0 radical (unpaired) electrons. The van der Waals surface area contributed by atoms with Crippen molar-refractivity contribution in [2.24, 2.45) is 0 Å². The Labute approximate surface area is 89.0 Å². The Morgan fingerprint density at radius 3 is 2.53 bits per heavy atom. The Balaban J connectivity index is 3.14. The van der Waals surface area contributed by atoms with E-state index in [0.717, 1.165) is 18.2 Å². The summed E-state index contributed by atoms with van der Waals surface area (Å²) in [5, 5.41) is 10.3. The van der Waals surface area contributed by atoms with Crippen molar-refractivity contribution in [1.29, 1.82) is 0 Å². The first-order chi connectivity index (χ1) is 6.79. The highest BCUT2D eigenvalue weighted by molar-refractivity contribution is 8.13. The molecule has 1 rings (SSSR count). The number of nitro benzene ring substituents is 1. The smallest absolute Gasteiger partial charge is 0.258 e. The van der Waals surface area contributed by atoms with E-state index in [9.17, 15) is 22.9 Å². The summed E-state index contributed by atoms with van der Waals surface area (Å²) in [5.74, 6) is -1.59. The Morgan fingerprint density at radius 2 is 2.07 bits per heavy atom. The van der Waals surface area contributed by atoms with Gasteiger partial charge in [0.25, 0.3) is 0 Å². The maximum Gasteiger partial charge on any atom is 0.305 e. The minimum Gasteiger partial charge on any atom is -0.258 e. The third kappa shape index (κ3) is 3.45. The molecular weight excluding hydrogens is 249 g/mol. The summed E-state index contributed by atoms with van der Waals surface area (Å²) in [4.78, 5) is 9.39. The molecule has 0 N–H and O–H groups in total. The van der Waals surface area contributed by atoms with Crippen molar-refractivity contribution < 1.29 is 17.7 Å². The Morgan fingerprint density at radius 1 is 1.47 bits per heavy atom. The molecule has 0 aliphatic rings. The lowest BCUT2D eigenvalue weighted by Gasteiger charge is -1.98. The van der Waals surface area contributed by atoms with E-state index in [1.54, 1.807) is 0 Å². The molecule has 0 spiro atoms. The van der Waals surface area contributed by atoms with E-state index in [1.165, 1.54) is 0 Å². The highest BCUT2D eigenvalue weighted by Crippen LogP contribution is 2.20. The van der Waals surface area contributed by atoms with Crippen LogP contribution in [-0.2, 0) is 14.8 Å². The van der Waals surface area contributed by atoms with Crippen LogP contribution in [-0.4, -0.2) is 13.3 Å². The molecule has 15 heavy (non-hydrogen) atoms. The van der Waals surface area contributed by atoms with Gasteiger partial charge < -0.3 is 0 Å². The second kappa shape index (κ2) is 4.11. The van der Waals surface area contributed by atoms with E-state index < -0.39 is 31.2 Å². The lowest BCUT2D eigenvalue weighted by molar-refractivity contribution is -0.387. The van der Waals surface area contributed by atoms with Gasteiger partial charge in [0.1, 0.15) is 0 Å². The molecule has 82 valence electrons. The molecule has 0 bridgehead atoms. The maximum atomic E-state index is 12.8. The molecule has 1 aromatic rings. The molecule has 0 aromatic heterocycles. The lowest BCUT2D eigenvalue weighted by atomic mass is 10.2. The summed E-state index contributed by atoms with van der Waals surface area (Å²) >= 11 is 0. The zero-order chi connectivity index (χ0) is 11.6. The number of nitrogens with zero attached hydrogens (tertiary/aromatic N) is 1. The Kier molecular flexibility index (Phi) is 3.25. The molecule has 0 unspecified atom stereocenters. The van der Waals surface area contributed by atoms with Crippen LogP contribution in [0.5, 0.6) is 0 Å². The number of hydrogen-bond donors (Lipinski definition) is 0. The largest absolute Gasteiger partial charge is 0.305 e. The summed E-state index contributed by atoms with van der Waals surface area (Å²) in [6, 6.07) is 2.80. The van der Waals surface area contributed by atoms with Crippen LogP contribution in [0.1, 0.15) is 5.56 Å². The van der Waals surface area contributed by atoms with Gasteiger partial charge in [-0.1, -0.05) is 6.07 Å². The standard InChI is InChI=1S/C7H5ClFNO4S/c8-15(13,14)4-5-1-2-6(9)7(3-5)10(11)12/h1-3H,4H2. The molecule has 0 saturated carbocycles. The molecule has 0 atom stereocenters. The van der Waals surface area contributed by atoms with Crippen LogP contribution in [0.25, 0.3) is 0 Å². The number of nitro groups is 1. The van der Waals surface area contributed by atoms with Crippen LogP contribution in [0.3, 0.4) is 0 Å². The quantitative estimate of drug-likeness (QED) is 0.467. The molecule has 0 aliphatic heterocycles. The molecule has 8 heteroatoms. The summed E-state index contributed by atoms with van der Waals surface area (Å²) in [7, 11) is 1.14. The van der Waals surface area contributed by atoms with Crippen molar-refractivity contribution in [2.75, 3.05) is 0 Å². The van der Waals surface area contributed by atoms with Gasteiger partial charge in [0, 0.05) is 16.7 Å². The topological polar surface area (TPSA) is 77.3 Å².